The molecule has 2 aromatic rings. The van der Waals surface area contributed by atoms with Gasteiger partial charge in [-0.3, -0.25) is 0 Å². The standard InChI is InChI=1S/C33H36O13/c34-22(13-11-18-7-3-1-4-8-18)41-16-21-27(37)28(38)29(39)32(43-21)46-31-25-20-15-24(45-31)42-17-33(25,40)30(26(20)36)44-23(35)14-12-19-9-5-2-6-10-19/h1-14,20-21,24-32,36-40H,15-17H2/b13-11+,14-12+/t20-,21-,24+,25-,26-,27-,28+,29-,30+,31-,32+,33+/m1/s1. The number of rotatable bonds is 9. The lowest BCUT2D eigenvalue weighted by Crippen LogP contribution is -2.61. The second-order valence-corrected chi connectivity index (χ2v) is 11.8. The van der Waals surface area contributed by atoms with Crippen LogP contribution in [0.1, 0.15) is 17.5 Å². The third-order valence-electron chi connectivity index (χ3n) is 8.82. The fourth-order valence-corrected chi connectivity index (χ4v) is 6.46. The SMILES string of the molecule is O=C(/C=C/c1ccccc1)OC[C@H]1O[C@@H](O[C@H]2O[C@H]3C[C@H]4[C@@H](O)[C@H](OC(=O)/C=C/c5ccccc5)[C@](O)(CO3)[C@@H]24)[C@H](O)[C@@H](O)[C@@H]1O. The van der Waals surface area contributed by atoms with E-state index >= 15 is 0 Å². The highest BCUT2D eigenvalue weighted by Crippen LogP contribution is 2.53. The predicted octanol–water partition coefficient (Wildman–Crippen LogP) is 0.133. The summed E-state index contributed by atoms with van der Waals surface area (Å²) in [5.74, 6) is -3.22. The minimum Gasteiger partial charge on any atom is -0.460 e. The highest BCUT2D eigenvalue weighted by molar-refractivity contribution is 5.87. The smallest absolute Gasteiger partial charge is 0.331 e. The molecule has 4 bridgehead atoms. The van der Waals surface area contributed by atoms with Gasteiger partial charge in [0.15, 0.2) is 25.0 Å². The van der Waals surface area contributed by atoms with Gasteiger partial charge in [0, 0.05) is 24.5 Å². The lowest BCUT2D eigenvalue weighted by atomic mass is 9.82. The zero-order valence-corrected chi connectivity index (χ0v) is 24.6. The summed E-state index contributed by atoms with van der Waals surface area (Å²) in [6.07, 6.45) is -7.39. The van der Waals surface area contributed by atoms with Gasteiger partial charge in [-0.1, -0.05) is 60.7 Å². The normalized spacial score (nSPS) is 38.6. The molecule has 0 spiro atoms. The summed E-state index contributed by atoms with van der Waals surface area (Å²) >= 11 is 0. The van der Waals surface area contributed by atoms with Gasteiger partial charge >= 0.3 is 11.9 Å². The van der Waals surface area contributed by atoms with Gasteiger partial charge in [-0.2, -0.15) is 0 Å². The minimum absolute atomic E-state index is 0.159. The van der Waals surface area contributed by atoms with E-state index in [9.17, 15) is 35.1 Å². The van der Waals surface area contributed by atoms with Gasteiger partial charge in [0.25, 0.3) is 0 Å². The number of aliphatic hydroxyl groups excluding tert-OH is 4. The Labute approximate surface area is 264 Å². The zero-order chi connectivity index (χ0) is 32.4. The third kappa shape index (κ3) is 6.65. The van der Waals surface area contributed by atoms with Crippen molar-refractivity contribution in [2.45, 2.75) is 67.5 Å². The van der Waals surface area contributed by atoms with Crippen molar-refractivity contribution < 1.29 is 63.5 Å². The molecule has 12 atom stereocenters. The van der Waals surface area contributed by atoms with Crippen molar-refractivity contribution in [3.63, 3.8) is 0 Å². The van der Waals surface area contributed by atoms with Crippen LogP contribution in [0, 0.1) is 11.8 Å². The van der Waals surface area contributed by atoms with Crippen LogP contribution in [-0.4, -0.2) is 112 Å². The van der Waals surface area contributed by atoms with Crippen molar-refractivity contribution in [2.24, 2.45) is 11.8 Å². The molecule has 0 aromatic heterocycles. The summed E-state index contributed by atoms with van der Waals surface area (Å²) < 4.78 is 34.0. The molecular weight excluding hydrogens is 604 g/mol. The Balaban J connectivity index is 1.12. The summed E-state index contributed by atoms with van der Waals surface area (Å²) in [6.45, 7) is -0.830. The number of ether oxygens (including phenoxy) is 6. The average Bonchev–Trinajstić information content (AvgIpc) is 3.16. The molecule has 4 saturated heterocycles. The molecule has 1 saturated carbocycles. The van der Waals surface area contributed by atoms with Crippen molar-refractivity contribution in [1.82, 2.24) is 0 Å². The number of esters is 2. The first-order valence-corrected chi connectivity index (χ1v) is 15.0. The molecule has 4 aliphatic heterocycles. The van der Waals surface area contributed by atoms with Crippen LogP contribution in [0.3, 0.4) is 0 Å². The van der Waals surface area contributed by atoms with Crippen molar-refractivity contribution in [3.8, 4) is 0 Å². The molecule has 2 aromatic carbocycles. The van der Waals surface area contributed by atoms with E-state index in [4.69, 9.17) is 28.4 Å². The Morgan fingerprint density at radius 1 is 0.804 bits per heavy atom. The Hall–Kier alpha value is -3.50. The van der Waals surface area contributed by atoms with Crippen LogP contribution < -0.4 is 0 Å². The quantitative estimate of drug-likeness (QED) is 0.184. The Morgan fingerprint density at radius 3 is 2.09 bits per heavy atom. The average molecular weight is 641 g/mol. The molecule has 13 heteroatoms. The minimum atomic E-state index is -1.95. The molecular formula is C33H36O13. The molecule has 246 valence electrons. The van der Waals surface area contributed by atoms with E-state index in [1.54, 1.807) is 42.5 Å². The number of carbonyl (C=O) groups excluding carboxylic acids is 2. The van der Waals surface area contributed by atoms with Gasteiger partial charge in [0.2, 0.25) is 0 Å². The first-order chi connectivity index (χ1) is 22.1. The van der Waals surface area contributed by atoms with Crippen molar-refractivity contribution >= 4 is 24.1 Å². The van der Waals surface area contributed by atoms with E-state index in [2.05, 4.69) is 0 Å². The maximum absolute atomic E-state index is 12.7. The van der Waals surface area contributed by atoms with Crippen LogP contribution >= 0.6 is 0 Å². The van der Waals surface area contributed by atoms with Crippen LogP contribution in [0.15, 0.2) is 72.8 Å². The summed E-state index contributed by atoms with van der Waals surface area (Å²) in [4.78, 5) is 25.0. The Bertz CT molecular complexity index is 1420. The molecule has 4 heterocycles. The van der Waals surface area contributed by atoms with Gasteiger partial charge < -0.3 is 54.0 Å². The molecule has 5 aliphatic rings. The number of aliphatic hydroxyl groups is 5. The molecule has 13 nitrogen and oxygen atoms in total. The van der Waals surface area contributed by atoms with Gasteiger partial charge in [-0.25, -0.2) is 9.59 Å². The second-order valence-electron chi connectivity index (χ2n) is 11.8. The number of benzene rings is 2. The van der Waals surface area contributed by atoms with Gasteiger partial charge in [0.05, 0.1) is 18.6 Å². The van der Waals surface area contributed by atoms with E-state index in [0.29, 0.717) is 0 Å². The molecule has 0 radical (unpaired) electrons. The summed E-state index contributed by atoms with van der Waals surface area (Å²) in [6, 6.07) is 18.1. The largest absolute Gasteiger partial charge is 0.460 e. The Morgan fingerprint density at radius 2 is 1.43 bits per heavy atom. The van der Waals surface area contributed by atoms with Crippen LogP contribution in [0.4, 0.5) is 0 Å². The summed E-state index contributed by atoms with van der Waals surface area (Å²) in [5.41, 5.74) is -0.434. The third-order valence-corrected chi connectivity index (χ3v) is 8.82. The van der Waals surface area contributed by atoms with Crippen LogP contribution in [-0.2, 0) is 38.0 Å². The number of fused-ring (bicyclic) bond motifs is 2. The van der Waals surface area contributed by atoms with E-state index in [-0.39, 0.29) is 13.0 Å². The zero-order valence-electron chi connectivity index (χ0n) is 24.6. The van der Waals surface area contributed by atoms with Gasteiger partial charge in [0.1, 0.15) is 36.6 Å². The van der Waals surface area contributed by atoms with Crippen LogP contribution in [0.2, 0.25) is 0 Å². The maximum atomic E-state index is 12.7. The van der Waals surface area contributed by atoms with E-state index in [0.717, 1.165) is 11.1 Å². The topological polar surface area (TPSA) is 191 Å². The van der Waals surface area contributed by atoms with E-state index < -0.39 is 91.5 Å². The van der Waals surface area contributed by atoms with Crippen molar-refractivity contribution in [2.75, 3.05) is 13.2 Å². The second kappa shape index (κ2) is 13.7. The summed E-state index contributed by atoms with van der Waals surface area (Å²) in [7, 11) is 0. The van der Waals surface area contributed by atoms with E-state index in [1.165, 1.54) is 18.2 Å². The number of hydrogen-bond donors (Lipinski definition) is 5. The monoisotopic (exact) mass is 640 g/mol. The molecule has 0 amide bonds. The fraction of sp³-hybridized carbons (Fsp3) is 0.455. The molecule has 5 fully saturated rings. The highest BCUT2D eigenvalue weighted by Gasteiger charge is 2.69. The maximum Gasteiger partial charge on any atom is 0.331 e. The molecule has 7 rings (SSSR count). The first-order valence-electron chi connectivity index (χ1n) is 15.0. The van der Waals surface area contributed by atoms with Gasteiger partial charge in [-0.05, 0) is 23.3 Å². The number of carbonyl (C=O) groups is 2. The molecule has 0 unspecified atom stereocenters. The molecule has 5 N–H and O–H groups in total. The van der Waals surface area contributed by atoms with Gasteiger partial charge in [-0.15, -0.1) is 0 Å². The molecule has 1 aliphatic carbocycles. The lowest BCUT2D eigenvalue weighted by Gasteiger charge is -2.44. The van der Waals surface area contributed by atoms with E-state index in [1.807, 2.05) is 24.3 Å². The highest BCUT2D eigenvalue weighted by atomic mass is 16.8. The summed E-state index contributed by atoms with van der Waals surface area (Å²) in [5, 5.41) is 54.9. The lowest BCUT2D eigenvalue weighted by molar-refractivity contribution is -0.371. The fourth-order valence-electron chi connectivity index (χ4n) is 6.46. The van der Waals surface area contributed by atoms with Crippen LogP contribution in [0.25, 0.3) is 12.2 Å². The molecule has 46 heavy (non-hydrogen) atoms. The number of hydrogen-bond acceptors (Lipinski definition) is 13. The van der Waals surface area contributed by atoms with Crippen LogP contribution in [0.5, 0.6) is 0 Å². The van der Waals surface area contributed by atoms with Crippen molar-refractivity contribution in [1.29, 1.82) is 0 Å². The Kier molecular flexibility index (Phi) is 9.66. The van der Waals surface area contributed by atoms with Crippen molar-refractivity contribution in [3.05, 3.63) is 83.9 Å². The predicted molar refractivity (Wildman–Crippen MR) is 157 cm³/mol. The first kappa shape index (κ1) is 32.4.